The number of hydrogen-bond acceptors (Lipinski definition) is 5. The molecule has 0 saturated carbocycles. The van der Waals surface area contributed by atoms with Crippen molar-refractivity contribution >= 4 is 18.1 Å². The van der Waals surface area contributed by atoms with Crippen LogP contribution in [0.5, 0.6) is 5.75 Å². The molecule has 0 radical (unpaired) electrons. The van der Waals surface area contributed by atoms with E-state index < -0.39 is 5.97 Å². The summed E-state index contributed by atoms with van der Waals surface area (Å²) in [4.78, 5) is 23.1. The van der Waals surface area contributed by atoms with Gasteiger partial charge in [0.15, 0.2) is 6.61 Å². The highest BCUT2D eigenvalue weighted by molar-refractivity contribution is 5.90. The molecule has 130 valence electrons. The summed E-state index contributed by atoms with van der Waals surface area (Å²) in [6.45, 7) is 3.87. The van der Waals surface area contributed by atoms with Gasteiger partial charge in [0.05, 0.1) is 18.9 Å². The van der Waals surface area contributed by atoms with Crippen molar-refractivity contribution in [3.8, 4) is 5.75 Å². The van der Waals surface area contributed by atoms with Gasteiger partial charge in [-0.3, -0.25) is 4.79 Å². The number of carbonyl (C=O) groups is 2. The van der Waals surface area contributed by atoms with E-state index in [1.54, 1.807) is 24.3 Å². The molecule has 0 aromatic heterocycles. The molecule has 25 heavy (non-hydrogen) atoms. The molecule has 0 aliphatic rings. The number of ether oxygens (including phenoxy) is 2. The van der Waals surface area contributed by atoms with E-state index in [9.17, 15) is 9.59 Å². The SMILES string of the molecule is COC(=O)c1ccc(/C=N\NC(=O)COc2ccc(C)c(C)c2)cc1. The van der Waals surface area contributed by atoms with Gasteiger partial charge in [0.2, 0.25) is 0 Å². The average Bonchev–Trinajstić information content (AvgIpc) is 2.62. The topological polar surface area (TPSA) is 77.0 Å². The van der Waals surface area contributed by atoms with Crippen LogP contribution in [0.4, 0.5) is 0 Å². The zero-order chi connectivity index (χ0) is 18.2. The van der Waals surface area contributed by atoms with Crippen molar-refractivity contribution in [3.63, 3.8) is 0 Å². The molecular formula is C19H20N2O4. The average molecular weight is 340 g/mol. The molecule has 2 aromatic carbocycles. The van der Waals surface area contributed by atoms with E-state index in [-0.39, 0.29) is 12.5 Å². The minimum atomic E-state index is -0.403. The van der Waals surface area contributed by atoms with Crippen molar-refractivity contribution in [3.05, 3.63) is 64.7 Å². The second kappa shape index (κ2) is 8.63. The lowest BCUT2D eigenvalue weighted by Crippen LogP contribution is -2.24. The molecule has 0 aliphatic carbocycles. The number of hydrogen-bond donors (Lipinski definition) is 1. The maximum absolute atomic E-state index is 11.7. The van der Waals surface area contributed by atoms with Crippen LogP contribution >= 0.6 is 0 Å². The summed E-state index contributed by atoms with van der Waals surface area (Å²) >= 11 is 0. The molecule has 0 aliphatic heterocycles. The second-order valence-corrected chi connectivity index (χ2v) is 5.44. The fraction of sp³-hybridized carbons (Fsp3) is 0.211. The van der Waals surface area contributed by atoms with E-state index in [0.29, 0.717) is 11.3 Å². The number of esters is 1. The zero-order valence-electron chi connectivity index (χ0n) is 14.4. The Labute approximate surface area is 146 Å². The summed E-state index contributed by atoms with van der Waals surface area (Å²) in [6, 6.07) is 12.3. The van der Waals surface area contributed by atoms with Crippen LogP contribution in [0.25, 0.3) is 0 Å². The van der Waals surface area contributed by atoms with Crippen LogP contribution in [0.2, 0.25) is 0 Å². The van der Waals surface area contributed by atoms with Gasteiger partial charge in [-0.2, -0.15) is 5.10 Å². The van der Waals surface area contributed by atoms with E-state index in [4.69, 9.17) is 4.74 Å². The summed E-state index contributed by atoms with van der Waals surface area (Å²) in [5.41, 5.74) is 5.85. The van der Waals surface area contributed by atoms with Gasteiger partial charge in [0, 0.05) is 0 Å². The number of amides is 1. The lowest BCUT2D eigenvalue weighted by Gasteiger charge is -2.07. The van der Waals surface area contributed by atoms with Crippen LogP contribution in [-0.4, -0.2) is 31.8 Å². The Hall–Kier alpha value is -3.15. The van der Waals surface area contributed by atoms with Gasteiger partial charge >= 0.3 is 5.97 Å². The summed E-state index contributed by atoms with van der Waals surface area (Å²) in [5, 5.41) is 3.86. The smallest absolute Gasteiger partial charge is 0.337 e. The number of methoxy groups -OCH3 is 1. The quantitative estimate of drug-likeness (QED) is 0.498. The summed E-state index contributed by atoms with van der Waals surface area (Å²) < 4.78 is 10.0. The first-order valence-corrected chi connectivity index (χ1v) is 7.70. The van der Waals surface area contributed by atoms with Crippen molar-refractivity contribution in [2.45, 2.75) is 13.8 Å². The fourth-order valence-corrected chi connectivity index (χ4v) is 1.99. The molecule has 0 fully saturated rings. The molecule has 0 unspecified atom stereocenters. The normalized spacial score (nSPS) is 10.5. The summed E-state index contributed by atoms with van der Waals surface area (Å²) in [5.74, 6) is -0.124. The van der Waals surface area contributed by atoms with Gasteiger partial charge < -0.3 is 9.47 Å². The zero-order valence-corrected chi connectivity index (χ0v) is 14.4. The number of benzene rings is 2. The van der Waals surface area contributed by atoms with E-state index >= 15 is 0 Å². The Morgan fingerprint density at radius 3 is 2.44 bits per heavy atom. The highest BCUT2D eigenvalue weighted by Crippen LogP contribution is 2.16. The molecule has 1 amide bonds. The molecule has 6 heteroatoms. The molecule has 2 aromatic rings. The third-order valence-electron chi connectivity index (χ3n) is 3.58. The highest BCUT2D eigenvalue weighted by Gasteiger charge is 2.04. The van der Waals surface area contributed by atoms with Crippen molar-refractivity contribution in [1.29, 1.82) is 0 Å². The van der Waals surface area contributed by atoms with Gasteiger partial charge in [-0.1, -0.05) is 18.2 Å². The van der Waals surface area contributed by atoms with Crippen molar-refractivity contribution in [2.24, 2.45) is 5.10 Å². The highest BCUT2D eigenvalue weighted by atomic mass is 16.5. The maximum atomic E-state index is 11.7. The minimum absolute atomic E-state index is 0.124. The molecule has 1 N–H and O–H groups in total. The second-order valence-electron chi connectivity index (χ2n) is 5.44. The van der Waals surface area contributed by atoms with Crippen LogP contribution in [0, 0.1) is 13.8 Å². The van der Waals surface area contributed by atoms with Gasteiger partial charge in [0.1, 0.15) is 5.75 Å². The van der Waals surface area contributed by atoms with E-state index in [1.165, 1.54) is 18.9 Å². The maximum Gasteiger partial charge on any atom is 0.337 e. The molecule has 0 saturated heterocycles. The third kappa shape index (κ3) is 5.46. The number of aryl methyl sites for hydroxylation is 2. The van der Waals surface area contributed by atoms with E-state index in [1.807, 2.05) is 32.0 Å². The van der Waals surface area contributed by atoms with E-state index in [0.717, 1.165) is 11.1 Å². The van der Waals surface area contributed by atoms with Crippen molar-refractivity contribution in [1.82, 2.24) is 5.43 Å². The Balaban J connectivity index is 1.81. The first kappa shape index (κ1) is 18.2. The van der Waals surface area contributed by atoms with E-state index in [2.05, 4.69) is 15.3 Å². The lowest BCUT2D eigenvalue weighted by molar-refractivity contribution is -0.123. The van der Waals surface area contributed by atoms with Crippen molar-refractivity contribution < 1.29 is 19.1 Å². The Morgan fingerprint density at radius 2 is 1.80 bits per heavy atom. The van der Waals surface area contributed by atoms with Crippen molar-refractivity contribution in [2.75, 3.05) is 13.7 Å². The lowest BCUT2D eigenvalue weighted by atomic mass is 10.1. The van der Waals surface area contributed by atoms with Crippen LogP contribution < -0.4 is 10.2 Å². The molecule has 2 rings (SSSR count). The Kier molecular flexibility index (Phi) is 6.28. The number of carbonyl (C=O) groups excluding carboxylic acids is 2. The fourth-order valence-electron chi connectivity index (χ4n) is 1.99. The van der Waals surface area contributed by atoms with Gasteiger partial charge in [-0.15, -0.1) is 0 Å². The van der Waals surface area contributed by atoms with Gasteiger partial charge in [0.25, 0.3) is 5.91 Å². The number of hydrazone groups is 1. The Morgan fingerprint density at radius 1 is 1.08 bits per heavy atom. The largest absolute Gasteiger partial charge is 0.484 e. The van der Waals surface area contributed by atoms with Gasteiger partial charge in [-0.25, -0.2) is 10.2 Å². The number of nitrogens with one attached hydrogen (secondary N) is 1. The summed E-state index contributed by atoms with van der Waals surface area (Å²) in [7, 11) is 1.33. The monoisotopic (exact) mass is 340 g/mol. The molecule has 0 spiro atoms. The first-order valence-electron chi connectivity index (χ1n) is 7.70. The molecule has 0 heterocycles. The predicted molar refractivity (Wildman–Crippen MR) is 94.9 cm³/mol. The van der Waals surface area contributed by atoms with Crippen LogP contribution in [0.3, 0.4) is 0 Å². The van der Waals surface area contributed by atoms with Crippen LogP contribution in [0.1, 0.15) is 27.0 Å². The molecule has 0 atom stereocenters. The first-order chi connectivity index (χ1) is 12.0. The Bertz CT molecular complexity index is 783. The van der Waals surface area contributed by atoms with Gasteiger partial charge in [-0.05, 0) is 54.8 Å². The van der Waals surface area contributed by atoms with Crippen LogP contribution in [-0.2, 0) is 9.53 Å². The predicted octanol–water partition coefficient (Wildman–Crippen LogP) is 2.62. The summed E-state index contributed by atoms with van der Waals surface area (Å²) in [6.07, 6.45) is 1.48. The number of rotatable bonds is 6. The molecule has 6 nitrogen and oxygen atoms in total. The van der Waals surface area contributed by atoms with Crippen LogP contribution in [0.15, 0.2) is 47.6 Å². The minimum Gasteiger partial charge on any atom is -0.484 e. The standard InChI is InChI=1S/C19H20N2O4/c1-13-4-9-17(10-14(13)2)25-12-18(22)21-20-11-15-5-7-16(8-6-15)19(23)24-3/h4-11H,12H2,1-3H3,(H,21,22)/b20-11-. The molecular weight excluding hydrogens is 320 g/mol. The third-order valence-corrected chi connectivity index (χ3v) is 3.58. The molecule has 0 bridgehead atoms. The number of nitrogens with zero attached hydrogens (tertiary/aromatic N) is 1.